The number of hydrogen-bond acceptors (Lipinski definition) is 4. The zero-order valence-corrected chi connectivity index (χ0v) is 16.9. The minimum atomic E-state index is -0.682. The van der Waals surface area contributed by atoms with Crippen LogP contribution in [0.5, 0.6) is 5.75 Å². The Morgan fingerprint density at radius 2 is 1.96 bits per heavy atom. The maximum atomic E-state index is 11.8. The van der Waals surface area contributed by atoms with Gasteiger partial charge in [0.05, 0.1) is 13.2 Å². The van der Waals surface area contributed by atoms with Crippen molar-refractivity contribution in [2.45, 2.75) is 51.2 Å². The van der Waals surface area contributed by atoms with Gasteiger partial charge in [-0.15, -0.1) is 0 Å². The summed E-state index contributed by atoms with van der Waals surface area (Å²) in [6, 6.07) is 13.9. The number of fused-ring (bicyclic) bond motifs is 1. The van der Waals surface area contributed by atoms with E-state index in [1.807, 2.05) is 36.4 Å². The van der Waals surface area contributed by atoms with Crippen molar-refractivity contribution in [3.05, 3.63) is 59.2 Å². The largest absolute Gasteiger partial charge is 0.496 e. The van der Waals surface area contributed by atoms with Crippen LogP contribution in [0.4, 0.5) is 5.69 Å². The van der Waals surface area contributed by atoms with Gasteiger partial charge in [0.25, 0.3) is 0 Å². The van der Waals surface area contributed by atoms with Gasteiger partial charge in [-0.1, -0.05) is 36.4 Å². The highest BCUT2D eigenvalue weighted by Crippen LogP contribution is 2.31. The third-order valence-electron chi connectivity index (χ3n) is 5.41. The molecule has 1 atom stereocenters. The molecule has 0 spiro atoms. The minimum absolute atomic E-state index is 0.0113. The van der Waals surface area contributed by atoms with E-state index in [9.17, 15) is 9.90 Å². The molecule has 1 unspecified atom stereocenters. The monoisotopic (exact) mass is 382 g/mol. The van der Waals surface area contributed by atoms with E-state index in [-0.39, 0.29) is 11.4 Å². The number of ether oxygens (including phenoxy) is 1. The van der Waals surface area contributed by atoms with Crippen LogP contribution in [0, 0.1) is 0 Å². The smallest absolute Gasteiger partial charge is 0.224 e. The number of nitrogens with one attached hydrogen (secondary N) is 2. The van der Waals surface area contributed by atoms with Crippen LogP contribution < -0.4 is 15.4 Å². The summed E-state index contributed by atoms with van der Waals surface area (Å²) in [4.78, 5) is 11.8. The van der Waals surface area contributed by atoms with Crippen LogP contribution >= 0.6 is 0 Å². The number of aryl methyl sites for hydroxylation is 2. The van der Waals surface area contributed by atoms with Gasteiger partial charge in [0, 0.05) is 29.8 Å². The van der Waals surface area contributed by atoms with Crippen LogP contribution in [0.3, 0.4) is 0 Å². The predicted molar refractivity (Wildman–Crippen MR) is 112 cm³/mol. The second-order valence-electron chi connectivity index (χ2n) is 8.02. The number of anilines is 1. The van der Waals surface area contributed by atoms with Crippen LogP contribution in [-0.2, 0) is 17.6 Å². The Hall–Kier alpha value is -2.37. The van der Waals surface area contributed by atoms with E-state index < -0.39 is 6.10 Å². The molecule has 150 valence electrons. The number of aliphatic hydroxyl groups is 1. The van der Waals surface area contributed by atoms with Crippen molar-refractivity contribution in [1.29, 1.82) is 0 Å². The number of methoxy groups -OCH3 is 1. The summed E-state index contributed by atoms with van der Waals surface area (Å²) < 4.78 is 5.43. The molecule has 5 heteroatoms. The average molecular weight is 383 g/mol. The van der Waals surface area contributed by atoms with Gasteiger partial charge in [-0.05, 0) is 50.3 Å². The number of β-amino-alcohol motifs (C(OH)–C–C–N with tert-alkyl or cyclic N) is 1. The Morgan fingerprint density at radius 3 is 2.75 bits per heavy atom. The van der Waals surface area contributed by atoms with Gasteiger partial charge < -0.3 is 20.5 Å². The predicted octanol–water partition coefficient (Wildman–Crippen LogP) is 3.61. The molecule has 3 rings (SSSR count). The Bertz CT molecular complexity index is 832. The number of rotatable bonds is 8. The molecule has 2 aromatic rings. The first-order valence-electron chi connectivity index (χ1n) is 9.86. The van der Waals surface area contributed by atoms with Gasteiger partial charge in [-0.25, -0.2) is 0 Å². The van der Waals surface area contributed by atoms with Crippen molar-refractivity contribution >= 4 is 11.6 Å². The van der Waals surface area contributed by atoms with Gasteiger partial charge in [-0.3, -0.25) is 4.79 Å². The second-order valence-corrected chi connectivity index (χ2v) is 8.02. The van der Waals surface area contributed by atoms with Crippen molar-refractivity contribution in [1.82, 2.24) is 5.32 Å². The molecule has 0 aromatic heterocycles. The number of benzene rings is 2. The van der Waals surface area contributed by atoms with Gasteiger partial charge in [0.15, 0.2) is 0 Å². The summed E-state index contributed by atoms with van der Waals surface area (Å²) in [6.45, 7) is 4.69. The van der Waals surface area contributed by atoms with E-state index >= 15 is 0 Å². The number of carbonyl (C=O) groups is 1. The summed E-state index contributed by atoms with van der Waals surface area (Å²) in [5, 5.41) is 17.2. The highest BCUT2D eigenvalue weighted by Gasteiger charge is 2.24. The average Bonchev–Trinajstić information content (AvgIpc) is 2.70. The fourth-order valence-corrected chi connectivity index (χ4v) is 3.64. The summed E-state index contributed by atoms with van der Waals surface area (Å²) in [6.07, 6.45) is 2.33. The van der Waals surface area contributed by atoms with E-state index in [1.165, 1.54) is 5.56 Å². The lowest BCUT2D eigenvalue weighted by molar-refractivity contribution is -0.116. The molecule has 1 heterocycles. The molecular formula is C23H30N2O3. The summed E-state index contributed by atoms with van der Waals surface area (Å²) in [7, 11) is 1.69. The lowest BCUT2D eigenvalue weighted by Crippen LogP contribution is -2.42. The lowest BCUT2D eigenvalue weighted by atomic mass is 9.93. The Labute approximate surface area is 167 Å². The molecule has 2 aromatic carbocycles. The SMILES string of the molecule is COc1ccccc1CCC(C)(C)NCC(O)c1cccc2c1NC(=O)CC2. The molecule has 3 N–H and O–H groups in total. The molecular weight excluding hydrogens is 352 g/mol. The van der Waals surface area contributed by atoms with E-state index in [0.29, 0.717) is 13.0 Å². The van der Waals surface area contributed by atoms with Crippen molar-refractivity contribution in [3.63, 3.8) is 0 Å². The fourth-order valence-electron chi connectivity index (χ4n) is 3.64. The van der Waals surface area contributed by atoms with E-state index in [0.717, 1.165) is 41.8 Å². The van der Waals surface area contributed by atoms with Crippen LogP contribution in [0.15, 0.2) is 42.5 Å². The topological polar surface area (TPSA) is 70.6 Å². The zero-order valence-electron chi connectivity index (χ0n) is 16.9. The quantitative estimate of drug-likeness (QED) is 0.652. The number of aliphatic hydroxyl groups excluding tert-OH is 1. The first-order valence-corrected chi connectivity index (χ1v) is 9.86. The lowest BCUT2D eigenvalue weighted by Gasteiger charge is -2.29. The molecule has 0 aliphatic carbocycles. The van der Waals surface area contributed by atoms with E-state index in [2.05, 4.69) is 30.5 Å². The molecule has 0 saturated carbocycles. The number of carbonyl (C=O) groups excluding carboxylic acids is 1. The van der Waals surface area contributed by atoms with Gasteiger partial charge >= 0.3 is 0 Å². The van der Waals surface area contributed by atoms with Gasteiger partial charge in [0.1, 0.15) is 5.75 Å². The van der Waals surface area contributed by atoms with Gasteiger partial charge in [-0.2, -0.15) is 0 Å². The molecule has 5 nitrogen and oxygen atoms in total. The van der Waals surface area contributed by atoms with Crippen LogP contribution in [-0.4, -0.2) is 30.2 Å². The maximum Gasteiger partial charge on any atom is 0.224 e. The second kappa shape index (κ2) is 8.76. The number of hydrogen-bond donors (Lipinski definition) is 3. The molecule has 0 fully saturated rings. The van der Waals surface area contributed by atoms with Crippen molar-refractivity contribution in [2.75, 3.05) is 19.0 Å². The molecule has 0 radical (unpaired) electrons. The fraction of sp³-hybridized carbons (Fsp3) is 0.435. The standard InChI is InChI=1S/C23H30N2O3/c1-23(2,14-13-16-7-4-5-10-20(16)28-3)24-15-19(26)18-9-6-8-17-11-12-21(27)25-22(17)18/h4-10,19,24,26H,11-15H2,1-3H3,(H,25,27). The third kappa shape index (κ3) is 4.91. The molecule has 1 aliphatic rings. The molecule has 0 saturated heterocycles. The number of para-hydroxylation sites is 2. The van der Waals surface area contributed by atoms with E-state index in [1.54, 1.807) is 7.11 Å². The summed E-state index contributed by atoms with van der Waals surface area (Å²) >= 11 is 0. The summed E-state index contributed by atoms with van der Waals surface area (Å²) in [5.74, 6) is 0.919. The van der Waals surface area contributed by atoms with Crippen LogP contribution in [0.25, 0.3) is 0 Å². The van der Waals surface area contributed by atoms with Gasteiger partial charge in [0.2, 0.25) is 5.91 Å². The van der Waals surface area contributed by atoms with Crippen LogP contribution in [0.1, 0.15) is 49.5 Å². The molecule has 1 aliphatic heterocycles. The van der Waals surface area contributed by atoms with Crippen molar-refractivity contribution in [3.8, 4) is 5.75 Å². The molecule has 0 bridgehead atoms. The Morgan fingerprint density at radius 1 is 1.18 bits per heavy atom. The zero-order chi connectivity index (χ0) is 20.1. The number of amides is 1. The van der Waals surface area contributed by atoms with E-state index in [4.69, 9.17) is 4.74 Å². The van der Waals surface area contributed by atoms with Crippen LogP contribution in [0.2, 0.25) is 0 Å². The first-order chi connectivity index (χ1) is 13.4. The third-order valence-corrected chi connectivity index (χ3v) is 5.41. The normalized spacial score (nSPS) is 14.9. The van der Waals surface area contributed by atoms with Crippen molar-refractivity contribution in [2.24, 2.45) is 0 Å². The minimum Gasteiger partial charge on any atom is -0.496 e. The Kier molecular flexibility index (Phi) is 6.37. The molecule has 28 heavy (non-hydrogen) atoms. The highest BCUT2D eigenvalue weighted by atomic mass is 16.5. The maximum absolute atomic E-state index is 11.8. The highest BCUT2D eigenvalue weighted by molar-refractivity contribution is 5.94. The van der Waals surface area contributed by atoms with Crippen molar-refractivity contribution < 1.29 is 14.6 Å². The first kappa shape index (κ1) is 20.4. The summed E-state index contributed by atoms with van der Waals surface area (Å²) in [5.41, 5.74) is 3.67. The molecule has 1 amide bonds. The Balaban J connectivity index is 1.61.